The van der Waals surface area contributed by atoms with Gasteiger partial charge in [0.2, 0.25) is 5.91 Å². The number of carbonyl (C=O) groups is 1. The van der Waals surface area contributed by atoms with E-state index in [-0.39, 0.29) is 19.0 Å². The number of nitrogens with zero attached hydrogens (tertiary/aromatic N) is 6. The number of anilines is 1. The Hall–Kier alpha value is -2.48. The first-order chi connectivity index (χ1) is 11.9. The predicted octanol–water partition coefficient (Wildman–Crippen LogP) is 0.390. The SMILES string of the molecule is Cc1cc(C)n(CC(=O)N(C)CC2(O)CCN(c3cnccn3)C2)n1. The Bertz CT molecular complexity index is 747. The molecule has 1 unspecified atom stereocenters. The summed E-state index contributed by atoms with van der Waals surface area (Å²) in [6.45, 7) is 5.41. The molecule has 0 aromatic carbocycles. The van der Waals surface area contributed by atoms with Crippen LogP contribution in [0.4, 0.5) is 5.82 Å². The molecule has 134 valence electrons. The van der Waals surface area contributed by atoms with E-state index in [0.717, 1.165) is 17.2 Å². The molecule has 0 radical (unpaired) electrons. The van der Waals surface area contributed by atoms with Crippen LogP contribution in [0.1, 0.15) is 17.8 Å². The number of aliphatic hydroxyl groups is 1. The van der Waals surface area contributed by atoms with E-state index < -0.39 is 5.60 Å². The van der Waals surface area contributed by atoms with Gasteiger partial charge in [-0.25, -0.2) is 4.98 Å². The van der Waals surface area contributed by atoms with Crippen LogP contribution in [0.5, 0.6) is 0 Å². The lowest BCUT2D eigenvalue weighted by molar-refractivity contribution is -0.133. The molecule has 25 heavy (non-hydrogen) atoms. The maximum absolute atomic E-state index is 12.5. The van der Waals surface area contributed by atoms with Crippen LogP contribution in [-0.4, -0.2) is 67.9 Å². The van der Waals surface area contributed by atoms with E-state index in [1.807, 2.05) is 24.8 Å². The van der Waals surface area contributed by atoms with Crippen LogP contribution in [0.15, 0.2) is 24.7 Å². The minimum Gasteiger partial charge on any atom is -0.386 e. The van der Waals surface area contributed by atoms with Gasteiger partial charge in [-0.3, -0.25) is 14.5 Å². The van der Waals surface area contributed by atoms with Crippen molar-refractivity contribution >= 4 is 11.7 Å². The molecular weight excluding hydrogens is 320 g/mol. The van der Waals surface area contributed by atoms with Crippen LogP contribution < -0.4 is 4.90 Å². The van der Waals surface area contributed by atoms with E-state index in [9.17, 15) is 9.90 Å². The number of amides is 1. The van der Waals surface area contributed by atoms with Gasteiger partial charge in [0, 0.05) is 38.2 Å². The molecule has 1 aliphatic heterocycles. The zero-order valence-corrected chi connectivity index (χ0v) is 14.9. The largest absolute Gasteiger partial charge is 0.386 e. The molecule has 0 aliphatic carbocycles. The highest BCUT2D eigenvalue weighted by Gasteiger charge is 2.38. The maximum atomic E-state index is 12.5. The summed E-state index contributed by atoms with van der Waals surface area (Å²) < 4.78 is 1.69. The molecule has 1 saturated heterocycles. The molecule has 1 N–H and O–H groups in total. The van der Waals surface area contributed by atoms with Gasteiger partial charge in [-0.2, -0.15) is 5.10 Å². The van der Waals surface area contributed by atoms with Gasteiger partial charge in [0.15, 0.2) is 0 Å². The third kappa shape index (κ3) is 3.96. The van der Waals surface area contributed by atoms with Gasteiger partial charge in [-0.15, -0.1) is 0 Å². The third-order valence-corrected chi connectivity index (χ3v) is 4.55. The normalized spacial score (nSPS) is 20.1. The lowest BCUT2D eigenvalue weighted by Gasteiger charge is -2.29. The van der Waals surface area contributed by atoms with Crippen LogP contribution in [0, 0.1) is 13.8 Å². The monoisotopic (exact) mass is 344 g/mol. The second-order valence-electron chi connectivity index (χ2n) is 6.79. The number of aromatic nitrogens is 4. The maximum Gasteiger partial charge on any atom is 0.244 e. The van der Waals surface area contributed by atoms with Gasteiger partial charge >= 0.3 is 0 Å². The van der Waals surface area contributed by atoms with E-state index in [2.05, 4.69) is 15.1 Å². The number of hydrogen-bond acceptors (Lipinski definition) is 6. The van der Waals surface area contributed by atoms with E-state index in [0.29, 0.717) is 19.5 Å². The first-order valence-corrected chi connectivity index (χ1v) is 8.35. The summed E-state index contributed by atoms with van der Waals surface area (Å²) in [5.74, 6) is 0.674. The Balaban J connectivity index is 1.59. The summed E-state index contributed by atoms with van der Waals surface area (Å²) in [5.41, 5.74) is 0.895. The molecule has 8 heteroatoms. The zero-order valence-electron chi connectivity index (χ0n) is 14.9. The highest BCUT2D eigenvalue weighted by molar-refractivity contribution is 5.75. The predicted molar refractivity (Wildman–Crippen MR) is 93.1 cm³/mol. The molecule has 2 aromatic heterocycles. The number of hydrogen-bond donors (Lipinski definition) is 1. The van der Waals surface area contributed by atoms with Crippen molar-refractivity contribution in [3.8, 4) is 0 Å². The quantitative estimate of drug-likeness (QED) is 0.844. The van der Waals surface area contributed by atoms with E-state index >= 15 is 0 Å². The average molecular weight is 344 g/mol. The summed E-state index contributed by atoms with van der Waals surface area (Å²) in [5, 5.41) is 15.2. The van der Waals surface area contributed by atoms with Gasteiger partial charge in [0.25, 0.3) is 0 Å². The molecule has 8 nitrogen and oxygen atoms in total. The molecule has 3 rings (SSSR count). The van der Waals surface area contributed by atoms with Crippen molar-refractivity contribution in [3.05, 3.63) is 36.0 Å². The summed E-state index contributed by atoms with van der Waals surface area (Å²) in [6.07, 6.45) is 5.53. The lowest BCUT2D eigenvalue weighted by Crippen LogP contribution is -2.46. The Kier molecular flexibility index (Phi) is 4.71. The van der Waals surface area contributed by atoms with Crippen molar-refractivity contribution in [1.82, 2.24) is 24.6 Å². The molecule has 1 aliphatic rings. The molecule has 1 amide bonds. The third-order valence-electron chi connectivity index (χ3n) is 4.55. The average Bonchev–Trinajstić information content (AvgIpc) is 3.10. The van der Waals surface area contributed by atoms with Gasteiger partial charge < -0.3 is 14.9 Å². The van der Waals surface area contributed by atoms with Crippen molar-refractivity contribution in [3.63, 3.8) is 0 Å². The minimum atomic E-state index is -0.947. The molecule has 0 spiro atoms. The highest BCUT2D eigenvalue weighted by atomic mass is 16.3. The Morgan fingerprint density at radius 1 is 1.40 bits per heavy atom. The van der Waals surface area contributed by atoms with Crippen molar-refractivity contribution in [2.24, 2.45) is 0 Å². The van der Waals surface area contributed by atoms with E-state index in [1.54, 1.807) is 35.2 Å². The second-order valence-corrected chi connectivity index (χ2v) is 6.79. The minimum absolute atomic E-state index is 0.0717. The van der Waals surface area contributed by atoms with Gasteiger partial charge in [-0.1, -0.05) is 0 Å². The Morgan fingerprint density at radius 3 is 2.84 bits per heavy atom. The smallest absolute Gasteiger partial charge is 0.244 e. The van der Waals surface area contributed by atoms with Crippen molar-refractivity contribution in [2.45, 2.75) is 32.4 Å². The summed E-state index contributed by atoms with van der Waals surface area (Å²) >= 11 is 0. The van der Waals surface area contributed by atoms with Crippen molar-refractivity contribution in [1.29, 1.82) is 0 Å². The molecule has 0 saturated carbocycles. The summed E-state index contributed by atoms with van der Waals surface area (Å²) in [6, 6.07) is 1.94. The number of likely N-dealkylation sites (N-methyl/N-ethyl adjacent to an activating group) is 1. The van der Waals surface area contributed by atoms with Crippen molar-refractivity contribution < 1.29 is 9.90 Å². The standard InChI is InChI=1S/C17H24N6O2/c1-13-8-14(2)23(20-13)10-16(24)21(3)11-17(25)4-7-22(12-17)15-9-18-5-6-19-15/h5-6,8-9,25H,4,7,10-12H2,1-3H3. The topological polar surface area (TPSA) is 87.4 Å². The molecule has 1 fully saturated rings. The van der Waals surface area contributed by atoms with E-state index in [4.69, 9.17) is 0 Å². The summed E-state index contributed by atoms with van der Waals surface area (Å²) in [4.78, 5) is 24.4. The molecular formula is C17H24N6O2. The zero-order chi connectivity index (χ0) is 18.0. The van der Waals surface area contributed by atoms with Crippen molar-refractivity contribution in [2.75, 3.05) is 31.6 Å². The first-order valence-electron chi connectivity index (χ1n) is 8.35. The highest BCUT2D eigenvalue weighted by Crippen LogP contribution is 2.25. The molecule has 0 bridgehead atoms. The molecule has 1 atom stereocenters. The summed E-state index contributed by atoms with van der Waals surface area (Å²) in [7, 11) is 1.72. The molecule has 3 heterocycles. The van der Waals surface area contributed by atoms with Crippen LogP contribution in [-0.2, 0) is 11.3 Å². The van der Waals surface area contributed by atoms with E-state index in [1.165, 1.54) is 0 Å². The van der Waals surface area contributed by atoms with Crippen LogP contribution in [0.2, 0.25) is 0 Å². The van der Waals surface area contributed by atoms with Gasteiger partial charge in [-0.05, 0) is 26.3 Å². The molecule has 2 aromatic rings. The number of rotatable bonds is 5. The van der Waals surface area contributed by atoms with Crippen LogP contribution in [0.25, 0.3) is 0 Å². The van der Waals surface area contributed by atoms with Gasteiger partial charge in [0.05, 0.1) is 18.4 Å². The first kappa shape index (κ1) is 17.3. The Morgan fingerprint density at radius 2 is 2.20 bits per heavy atom. The number of β-amino-alcohol motifs (C(OH)–C–C–N with tert-alkyl or cyclic N) is 1. The number of carbonyl (C=O) groups excluding carboxylic acids is 1. The lowest BCUT2D eigenvalue weighted by atomic mass is 10.0. The second kappa shape index (κ2) is 6.79. The van der Waals surface area contributed by atoms with Crippen LogP contribution in [0.3, 0.4) is 0 Å². The fourth-order valence-electron chi connectivity index (χ4n) is 3.25. The fourth-order valence-corrected chi connectivity index (χ4v) is 3.25. The fraction of sp³-hybridized carbons (Fsp3) is 0.529. The Labute approximate surface area is 147 Å². The van der Waals surface area contributed by atoms with Crippen LogP contribution >= 0.6 is 0 Å². The van der Waals surface area contributed by atoms with Gasteiger partial charge in [0.1, 0.15) is 18.0 Å². The number of aryl methyl sites for hydroxylation is 2.